The third-order valence-electron chi connectivity index (χ3n) is 3.06. The van der Waals surface area contributed by atoms with Crippen LogP contribution >= 0.6 is 0 Å². The van der Waals surface area contributed by atoms with Crippen molar-refractivity contribution in [2.75, 3.05) is 11.9 Å². The van der Waals surface area contributed by atoms with Crippen LogP contribution in [0.3, 0.4) is 0 Å². The van der Waals surface area contributed by atoms with Crippen molar-refractivity contribution in [2.24, 2.45) is 5.73 Å². The first-order chi connectivity index (χ1) is 8.15. The second-order valence-electron chi connectivity index (χ2n) is 4.46. The van der Waals surface area contributed by atoms with Crippen LogP contribution in [0.15, 0.2) is 24.3 Å². The molecule has 17 heavy (non-hydrogen) atoms. The van der Waals surface area contributed by atoms with Gasteiger partial charge >= 0.3 is 0 Å². The molecule has 0 spiro atoms. The highest BCUT2D eigenvalue weighted by Crippen LogP contribution is 2.19. The van der Waals surface area contributed by atoms with Gasteiger partial charge < -0.3 is 15.8 Å². The molecule has 3 N–H and O–H groups in total. The number of nitrogens with two attached hydrogens (primary N) is 1. The summed E-state index contributed by atoms with van der Waals surface area (Å²) in [7, 11) is 0. The Balaban J connectivity index is 1.95. The van der Waals surface area contributed by atoms with Crippen molar-refractivity contribution in [1.82, 2.24) is 0 Å². The number of nitrogens with one attached hydrogen (secondary N) is 1. The molecule has 1 aliphatic heterocycles. The van der Waals surface area contributed by atoms with Gasteiger partial charge in [0.25, 0.3) is 0 Å². The van der Waals surface area contributed by atoms with Crippen molar-refractivity contribution in [2.45, 2.75) is 31.9 Å². The number of rotatable bonds is 4. The van der Waals surface area contributed by atoms with Gasteiger partial charge in [0.1, 0.15) is 0 Å². The summed E-state index contributed by atoms with van der Waals surface area (Å²) < 4.78 is 5.49. The van der Waals surface area contributed by atoms with E-state index in [0.29, 0.717) is 12.5 Å². The number of carbonyl (C=O) groups excluding carboxylic acids is 1. The molecule has 0 saturated carbocycles. The normalized spacial score (nSPS) is 23.6. The maximum absolute atomic E-state index is 10.8. The second-order valence-corrected chi connectivity index (χ2v) is 4.46. The molecule has 1 saturated heterocycles. The lowest BCUT2D eigenvalue weighted by atomic mass is 10.1. The van der Waals surface area contributed by atoms with Gasteiger partial charge in [0, 0.05) is 12.3 Å². The molecule has 0 bridgehead atoms. The minimum Gasteiger partial charge on any atom is -0.380 e. The molecular formula is C13H18N2O2. The summed E-state index contributed by atoms with van der Waals surface area (Å²) in [5, 5.41) is 3.43. The van der Waals surface area contributed by atoms with E-state index in [-0.39, 0.29) is 12.0 Å². The summed E-state index contributed by atoms with van der Waals surface area (Å²) in [4.78, 5) is 10.8. The van der Waals surface area contributed by atoms with Crippen LogP contribution in [-0.4, -0.2) is 24.7 Å². The molecule has 1 aromatic rings. The molecule has 2 rings (SSSR count). The minimum absolute atomic E-state index is 0.250. The smallest absolute Gasteiger partial charge is 0.221 e. The number of hydrogen-bond donors (Lipinski definition) is 2. The summed E-state index contributed by atoms with van der Waals surface area (Å²) in [5.41, 5.74) is 7.14. The van der Waals surface area contributed by atoms with Crippen molar-refractivity contribution in [3.63, 3.8) is 0 Å². The SMILES string of the molecule is CC1OCCC1Nc1ccc(CC(N)=O)cc1. The van der Waals surface area contributed by atoms with E-state index in [1.807, 2.05) is 24.3 Å². The monoisotopic (exact) mass is 234 g/mol. The quantitative estimate of drug-likeness (QED) is 0.825. The number of carbonyl (C=O) groups is 1. The van der Waals surface area contributed by atoms with E-state index in [0.717, 1.165) is 24.3 Å². The van der Waals surface area contributed by atoms with Crippen LogP contribution in [0.5, 0.6) is 0 Å². The molecule has 2 unspecified atom stereocenters. The highest BCUT2D eigenvalue weighted by Gasteiger charge is 2.23. The Kier molecular flexibility index (Phi) is 3.64. The van der Waals surface area contributed by atoms with E-state index in [4.69, 9.17) is 10.5 Å². The van der Waals surface area contributed by atoms with Crippen LogP contribution < -0.4 is 11.1 Å². The van der Waals surface area contributed by atoms with Gasteiger partial charge in [-0.25, -0.2) is 0 Å². The molecule has 92 valence electrons. The number of benzene rings is 1. The molecule has 2 atom stereocenters. The second kappa shape index (κ2) is 5.19. The Morgan fingerprint density at radius 1 is 1.47 bits per heavy atom. The highest BCUT2D eigenvalue weighted by molar-refractivity contribution is 5.76. The van der Waals surface area contributed by atoms with Crippen LogP contribution in [0.1, 0.15) is 18.9 Å². The zero-order chi connectivity index (χ0) is 12.3. The fraction of sp³-hybridized carbons (Fsp3) is 0.462. The van der Waals surface area contributed by atoms with Gasteiger partial charge in [-0.3, -0.25) is 4.79 Å². The maximum atomic E-state index is 10.8. The van der Waals surface area contributed by atoms with Gasteiger partial charge in [-0.2, -0.15) is 0 Å². The first kappa shape index (κ1) is 11.9. The Hall–Kier alpha value is -1.55. The predicted molar refractivity (Wildman–Crippen MR) is 66.8 cm³/mol. The van der Waals surface area contributed by atoms with Crippen molar-refractivity contribution >= 4 is 11.6 Å². The zero-order valence-corrected chi connectivity index (χ0v) is 9.98. The lowest BCUT2D eigenvalue weighted by molar-refractivity contribution is -0.117. The van der Waals surface area contributed by atoms with E-state index < -0.39 is 0 Å². The van der Waals surface area contributed by atoms with Crippen molar-refractivity contribution in [3.05, 3.63) is 29.8 Å². The summed E-state index contributed by atoms with van der Waals surface area (Å²) in [6.45, 7) is 2.89. The van der Waals surface area contributed by atoms with E-state index in [1.54, 1.807) is 0 Å². The van der Waals surface area contributed by atoms with Gasteiger partial charge in [0.05, 0.1) is 18.6 Å². The van der Waals surface area contributed by atoms with Crippen LogP contribution in [-0.2, 0) is 16.0 Å². The van der Waals surface area contributed by atoms with E-state index in [2.05, 4.69) is 12.2 Å². The van der Waals surface area contributed by atoms with Crippen LogP contribution in [0.4, 0.5) is 5.69 Å². The molecule has 1 heterocycles. The van der Waals surface area contributed by atoms with E-state index in [9.17, 15) is 4.79 Å². The number of hydrogen-bond acceptors (Lipinski definition) is 3. The number of primary amides is 1. The fourth-order valence-corrected chi connectivity index (χ4v) is 2.06. The molecule has 0 aliphatic carbocycles. The number of amides is 1. The topological polar surface area (TPSA) is 64.3 Å². The minimum atomic E-state index is -0.302. The van der Waals surface area contributed by atoms with Crippen LogP contribution in [0.2, 0.25) is 0 Å². The molecule has 0 radical (unpaired) electrons. The lowest BCUT2D eigenvalue weighted by Gasteiger charge is -2.17. The van der Waals surface area contributed by atoms with Crippen LogP contribution in [0.25, 0.3) is 0 Å². The molecule has 0 aromatic heterocycles. The standard InChI is InChI=1S/C13H18N2O2/c1-9-12(6-7-17-9)15-11-4-2-10(3-5-11)8-13(14)16/h2-5,9,12,15H,6-8H2,1H3,(H2,14,16). The summed E-state index contributed by atoms with van der Waals surface area (Å²) >= 11 is 0. The fourth-order valence-electron chi connectivity index (χ4n) is 2.06. The Labute approximate surface area is 101 Å². The first-order valence-corrected chi connectivity index (χ1v) is 5.90. The molecule has 1 fully saturated rings. The van der Waals surface area contributed by atoms with Gasteiger partial charge in [0.2, 0.25) is 5.91 Å². The zero-order valence-electron chi connectivity index (χ0n) is 9.98. The van der Waals surface area contributed by atoms with Gasteiger partial charge in [-0.1, -0.05) is 12.1 Å². The van der Waals surface area contributed by atoms with Gasteiger partial charge in [-0.15, -0.1) is 0 Å². The average molecular weight is 234 g/mol. The molecule has 1 aromatic carbocycles. The summed E-state index contributed by atoms with van der Waals surface area (Å²) in [6.07, 6.45) is 1.58. The maximum Gasteiger partial charge on any atom is 0.221 e. The molecule has 4 heteroatoms. The van der Waals surface area contributed by atoms with Crippen molar-refractivity contribution in [1.29, 1.82) is 0 Å². The third-order valence-corrected chi connectivity index (χ3v) is 3.06. The molecule has 1 aliphatic rings. The predicted octanol–water partition coefficient (Wildman–Crippen LogP) is 1.30. The van der Waals surface area contributed by atoms with Gasteiger partial charge in [0.15, 0.2) is 0 Å². The largest absolute Gasteiger partial charge is 0.380 e. The molecule has 1 amide bonds. The first-order valence-electron chi connectivity index (χ1n) is 5.90. The van der Waals surface area contributed by atoms with E-state index >= 15 is 0 Å². The van der Waals surface area contributed by atoms with E-state index in [1.165, 1.54) is 0 Å². The Bertz CT molecular complexity index is 389. The number of anilines is 1. The van der Waals surface area contributed by atoms with Crippen molar-refractivity contribution in [3.8, 4) is 0 Å². The summed E-state index contributed by atoms with van der Waals surface area (Å²) in [6, 6.07) is 8.17. The lowest BCUT2D eigenvalue weighted by Crippen LogP contribution is -2.26. The third kappa shape index (κ3) is 3.20. The van der Waals surface area contributed by atoms with Gasteiger partial charge in [-0.05, 0) is 31.0 Å². The van der Waals surface area contributed by atoms with Crippen molar-refractivity contribution < 1.29 is 9.53 Å². The average Bonchev–Trinajstić information content (AvgIpc) is 2.67. The number of ether oxygens (including phenoxy) is 1. The molecular weight excluding hydrogens is 216 g/mol. The summed E-state index contributed by atoms with van der Waals surface area (Å²) in [5.74, 6) is -0.302. The highest BCUT2D eigenvalue weighted by atomic mass is 16.5. The van der Waals surface area contributed by atoms with Crippen LogP contribution in [0, 0.1) is 0 Å². The Morgan fingerprint density at radius 2 is 2.18 bits per heavy atom. The molecule has 4 nitrogen and oxygen atoms in total. The Morgan fingerprint density at radius 3 is 2.71 bits per heavy atom.